The molecule has 0 aliphatic heterocycles. The summed E-state index contributed by atoms with van der Waals surface area (Å²) in [6, 6.07) is 9.64. The molecule has 2 rings (SSSR count). The van der Waals surface area contributed by atoms with Gasteiger partial charge in [-0.25, -0.2) is 4.57 Å². The number of hydrogen-bond donors (Lipinski definition) is 0. The molecule has 1 aromatic carbocycles. The lowest BCUT2D eigenvalue weighted by Crippen LogP contribution is -2.34. The van der Waals surface area contributed by atoms with Gasteiger partial charge in [0, 0.05) is 12.5 Å². The molecule has 0 spiro atoms. The minimum Gasteiger partial charge on any atom is -0.493 e. The number of ether oxygens (including phenoxy) is 2. The predicted octanol–water partition coefficient (Wildman–Crippen LogP) is 2.44. The van der Waals surface area contributed by atoms with Crippen LogP contribution >= 0.6 is 0 Å². The van der Waals surface area contributed by atoms with E-state index in [2.05, 4.69) is 0 Å². The normalized spacial score (nSPS) is 10.2. The van der Waals surface area contributed by atoms with Crippen molar-refractivity contribution in [1.82, 2.24) is 0 Å². The van der Waals surface area contributed by atoms with E-state index in [0.29, 0.717) is 0 Å². The molecule has 0 aliphatic carbocycles. The first-order valence-electron chi connectivity index (χ1n) is 6.85. The standard InChI is InChI=1S/C17H20NO3/c1-13(19)15-5-4-9-18(12-15)10-8-14-6-7-16(20-2)17(11-14)21-3/h4-7,9,11-12H,8,10H2,1-3H3/q+1. The zero-order valence-corrected chi connectivity index (χ0v) is 12.6. The van der Waals surface area contributed by atoms with Crippen molar-refractivity contribution < 1.29 is 18.8 Å². The van der Waals surface area contributed by atoms with Crippen LogP contribution in [0, 0.1) is 0 Å². The summed E-state index contributed by atoms with van der Waals surface area (Å²) in [5.74, 6) is 1.54. The Hall–Kier alpha value is -2.36. The van der Waals surface area contributed by atoms with Crippen molar-refractivity contribution in [2.45, 2.75) is 19.9 Å². The first-order chi connectivity index (χ1) is 10.1. The van der Waals surface area contributed by atoms with Gasteiger partial charge in [0.25, 0.3) is 0 Å². The van der Waals surface area contributed by atoms with Gasteiger partial charge in [-0.2, -0.15) is 0 Å². The summed E-state index contributed by atoms with van der Waals surface area (Å²) in [5, 5.41) is 0. The summed E-state index contributed by atoms with van der Waals surface area (Å²) in [6.07, 6.45) is 4.70. The van der Waals surface area contributed by atoms with E-state index in [-0.39, 0.29) is 5.78 Å². The predicted molar refractivity (Wildman–Crippen MR) is 79.9 cm³/mol. The van der Waals surface area contributed by atoms with E-state index in [1.54, 1.807) is 21.1 Å². The van der Waals surface area contributed by atoms with Crippen LogP contribution in [0.5, 0.6) is 11.5 Å². The molecule has 0 atom stereocenters. The van der Waals surface area contributed by atoms with Crippen LogP contribution in [0.1, 0.15) is 22.8 Å². The molecule has 21 heavy (non-hydrogen) atoms. The Labute approximate surface area is 124 Å². The van der Waals surface area contributed by atoms with Crippen molar-refractivity contribution in [3.63, 3.8) is 0 Å². The first-order valence-corrected chi connectivity index (χ1v) is 6.85. The summed E-state index contributed by atoms with van der Waals surface area (Å²) in [6.45, 7) is 2.38. The molecular weight excluding hydrogens is 266 g/mol. The smallest absolute Gasteiger partial charge is 0.179 e. The van der Waals surface area contributed by atoms with Gasteiger partial charge in [0.05, 0.1) is 19.8 Å². The molecule has 1 heterocycles. The second-order valence-electron chi connectivity index (χ2n) is 4.83. The van der Waals surface area contributed by atoms with E-state index in [1.807, 2.05) is 47.3 Å². The Kier molecular flexibility index (Phi) is 4.93. The summed E-state index contributed by atoms with van der Waals surface area (Å²) in [7, 11) is 3.26. The van der Waals surface area contributed by atoms with Gasteiger partial charge in [0.2, 0.25) is 0 Å². The fraction of sp³-hybridized carbons (Fsp3) is 0.294. The average Bonchev–Trinajstić information content (AvgIpc) is 2.52. The minimum absolute atomic E-state index is 0.0791. The van der Waals surface area contributed by atoms with Crippen LogP contribution in [0.3, 0.4) is 0 Å². The number of carbonyl (C=O) groups excluding carboxylic acids is 1. The Balaban J connectivity index is 2.09. The van der Waals surface area contributed by atoms with Gasteiger partial charge in [0.15, 0.2) is 36.2 Å². The molecule has 1 aromatic heterocycles. The molecule has 0 saturated carbocycles. The number of Topliss-reactive ketones (excluding diaryl/α,β-unsaturated/α-hetero) is 1. The van der Waals surface area contributed by atoms with Crippen molar-refractivity contribution >= 4 is 5.78 Å². The molecule has 0 radical (unpaired) electrons. The average molecular weight is 286 g/mol. The number of benzene rings is 1. The summed E-state index contributed by atoms with van der Waals surface area (Å²) < 4.78 is 12.6. The second-order valence-corrected chi connectivity index (χ2v) is 4.83. The van der Waals surface area contributed by atoms with Crippen molar-refractivity contribution in [2.75, 3.05) is 14.2 Å². The molecule has 0 fully saturated rings. The summed E-state index contributed by atoms with van der Waals surface area (Å²) in [5.41, 5.74) is 1.89. The van der Waals surface area contributed by atoms with Gasteiger partial charge in [-0.3, -0.25) is 4.79 Å². The van der Waals surface area contributed by atoms with Gasteiger partial charge in [0.1, 0.15) is 0 Å². The van der Waals surface area contributed by atoms with Crippen molar-refractivity contribution in [1.29, 1.82) is 0 Å². The highest BCUT2D eigenvalue weighted by Crippen LogP contribution is 2.27. The van der Waals surface area contributed by atoms with Crippen LogP contribution in [0.4, 0.5) is 0 Å². The maximum Gasteiger partial charge on any atom is 0.179 e. The fourth-order valence-corrected chi connectivity index (χ4v) is 2.16. The van der Waals surface area contributed by atoms with E-state index in [4.69, 9.17) is 9.47 Å². The SMILES string of the molecule is COc1ccc(CC[n+]2cccc(C(C)=O)c2)cc1OC. The second kappa shape index (κ2) is 6.88. The Morgan fingerprint density at radius 3 is 2.57 bits per heavy atom. The van der Waals surface area contributed by atoms with E-state index >= 15 is 0 Å². The highest BCUT2D eigenvalue weighted by atomic mass is 16.5. The highest BCUT2D eigenvalue weighted by molar-refractivity contribution is 5.93. The number of methoxy groups -OCH3 is 2. The monoisotopic (exact) mass is 286 g/mol. The van der Waals surface area contributed by atoms with Gasteiger partial charge in [-0.15, -0.1) is 0 Å². The van der Waals surface area contributed by atoms with Gasteiger partial charge < -0.3 is 9.47 Å². The largest absolute Gasteiger partial charge is 0.493 e. The lowest BCUT2D eigenvalue weighted by molar-refractivity contribution is -0.696. The number of nitrogens with zero attached hydrogens (tertiary/aromatic N) is 1. The van der Waals surface area contributed by atoms with E-state index < -0.39 is 0 Å². The maximum absolute atomic E-state index is 11.4. The number of aryl methyl sites for hydroxylation is 2. The number of hydrogen-bond acceptors (Lipinski definition) is 3. The number of rotatable bonds is 6. The molecule has 0 aliphatic rings. The van der Waals surface area contributed by atoms with Crippen molar-refractivity contribution in [2.24, 2.45) is 0 Å². The van der Waals surface area contributed by atoms with E-state index in [1.165, 1.54) is 0 Å². The van der Waals surface area contributed by atoms with Crippen LogP contribution in [0.15, 0.2) is 42.7 Å². The fourth-order valence-electron chi connectivity index (χ4n) is 2.16. The maximum atomic E-state index is 11.4. The third kappa shape index (κ3) is 3.81. The number of ketones is 1. The quantitative estimate of drug-likeness (QED) is 0.605. The molecule has 2 aromatic rings. The summed E-state index contributed by atoms with van der Waals surface area (Å²) >= 11 is 0. The summed E-state index contributed by atoms with van der Waals surface area (Å²) in [4.78, 5) is 11.4. The Morgan fingerprint density at radius 2 is 1.90 bits per heavy atom. The third-order valence-corrected chi connectivity index (χ3v) is 3.37. The van der Waals surface area contributed by atoms with Gasteiger partial charge in [-0.1, -0.05) is 6.07 Å². The molecule has 0 bridgehead atoms. The molecular formula is C17H20NO3+. The lowest BCUT2D eigenvalue weighted by atomic mass is 10.1. The minimum atomic E-state index is 0.0791. The van der Waals surface area contributed by atoms with Crippen molar-refractivity contribution in [3.8, 4) is 11.5 Å². The van der Waals surface area contributed by atoms with Gasteiger partial charge >= 0.3 is 0 Å². The topological polar surface area (TPSA) is 39.4 Å². The Morgan fingerprint density at radius 1 is 1.14 bits per heavy atom. The number of pyridine rings is 1. The van der Waals surface area contributed by atoms with E-state index in [9.17, 15) is 4.79 Å². The van der Waals surface area contributed by atoms with Gasteiger partial charge in [-0.05, 0) is 30.7 Å². The number of aromatic nitrogens is 1. The molecule has 0 N–H and O–H groups in total. The lowest BCUT2D eigenvalue weighted by Gasteiger charge is -2.08. The molecule has 0 saturated heterocycles. The van der Waals surface area contributed by atoms with Crippen LogP contribution in [0.25, 0.3) is 0 Å². The molecule has 0 amide bonds. The first kappa shape index (κ1) is 15.0. The van der Waals surface area contributed by atoms with Crippen LogP contribution in [0.2, 0.25) is 0 Å². The van der Waals surface area contributed by atoms with Crippen LogP contribution in [-0.2, 0) is 13.0 Å². The highest BCUT2D eigenvalue weighted by Gasteiger charge is 2.09. The third-order valence-electron chi connectivity index (χ3n) is 3.37. The zero-order chi connectivity index (χ0) is 15.2. The molecule has 4 heteroatoms. The van der Waals surface area contributed by atoms with Crippen LogP contribution < -0.4 is 14.0 Å². The van der Waals surface area contributed by atoms with Crippen molar-refractivity contribution in [3.05, 3.63) is 53.9 Å². The van der Waals surface area contributed by atoms with E-state index in [0.717, 1.165) is 35.6 Å². The molecule has 4 nitrogen and oxygen atoms in total. The van der Waals surface area contributed by atoms with Crippen LogP contribution in [-0.4, -0.2) is 20.0 Å². The zero-order valence-electron chi connectivity index (χ0n) is 12.6. The Bertz CT molecular complexity index is 638. The molecule has 0 unspecified atom stereocenters. The number of carbonyl (C=O) groups is 1. The molecule has 110 valence electrons.